The Hall–Kier alpha value is -5.74. The van der Waals surface area contributed by atoms with Crippen LogP contribution >= 0.6 is 0 Å². The molecule has 16 heteroatoms. The second-order valence-corrected chi connectivity index (χ2v) is 13.3. The molecule has 54 heavy (non-hydrogen) atoms. The summed E-state index contributed by atoms with van der Waals surface area (Å²) in [4.78, 5) is 13.0. The molecule has 0 saturated carbocycles. The summed E-state index contributed by atoms with van der Waals surface area (Å²) in [5.41, 5.74) is -0.556. The first-order valence-corrected chi connectivity index (χ1v) is 17.5. The average molecular weight is 743 g/mol. The lowest BCUT2D eigenvalue weighted by Crippen LogP contribution is -2.48. The lowest BCUT2D eigenvalue weighted by Gasteiger charge is -2.37. The van der Waals surface area contributed by atoms with Gasteiger partial charge >= 0.3 is 5.92 Å². The van der Waals surface area contributed by atoms with Crippen molar-refractivity contribution in [3.8, 4) is 22.5 Å². The molecule has 3 aromatic carbocycles. The number of hydrogen-bond acceptors (Lipinski definition) is 10. The standard InChI is InChI=1S/C38H38F4N10O2/c1-3-34(25(2)53)52-23-44-36(46-52)27-6-12-31(13-7-27)50-18-16-49(17-19-50)30-10-4-26(5-11-30)28-8-15-35(43-21-28)38(41,42)37(54,22-51-24-45-47-48-51)32-14-9-29(39)20-33(32)40/h4-15,20-21,23-25,34,53-54H,3,16-19,22H2,1-2H3/t25-,34+,37?/m0/s1. The number of aliphatic hydroxyl groups excluding tert-OH is 1. The SMILES string of the molecule is CC[C@H]([C@H](C)O)n1cnc(-c2ccc(N3CCN(c4ccc(-c5ccc(C(F)(F)C(O)(Cn6cnnn6)c6ccc(F)cc6F)nc5)cc4)CC3)cc2)n1. The van der Waals surface area contributed by atoms with Crippen LogP contribution in [0.3, 0.4) is 0 Å². The van der Waals surface area contributed by atoms with E-state index in [-0.39, 0.29) is 6.04 Å². The molecule has 0 aliphatic carbocycles. The number of piperazine rings is 1. The summed E-state index contributed by atoms with van der Waals surface area (Å²) >= 11 is 0. The zero-order valence-electron chi connectivity index (χ0n) is 29.5. The normalized spacial score (nSPS) is 15.9. The van der Waals surface area contributed by atoms with Crippen LogP contribution < -0.4 is 9.80 Å². The highest BCUT2D eigenvalue weighted by Crippen LogP contribution is 2.47. The number of benzene rings is 3. The summed E-state index contributed by atoms with van der Waals surface area (Å²) in [6, 6.07) is 20.2. The maximum Gasteiger partial charge on any atom is 0.323 e. The van der Waals surface area contributed by atoms with Gasteiger partial charge in [-0.15, -0.1) is 5.10 Å². The van der Waals surface area contributed by atoms with Gasteiger partial charge in [-0.25, -0.2) is 23.1 Å². The second kappa shape index (κ2) is 14.9. The predicted molar refractivity (Wildman–Crippen MR) is 193 cm³/mol. The molecule has 1 aliphatic rings. The van der Waals surface area contributed by atoms with Gasteiger partial charge in [0.1, 0.15) is 30.0 Å². The Labute approximate surface area is 308 Å². The van der Waals surface area contributed by atoms with Crippen LogP contribution in [-0.4, -0.2) is 82.5 Å². The number of halogens is 4. The maximum absolute atomic E-state index is 16.2. The zero-order chi connectivity index (χ0) is 38.0. The molecule has 6 aromatic rings. The van der Waals surface area contributed by atoms with Gasteiger partial charge in [-0.3, -0.25) is 4.98 Å². The lowest BCUT2D eigenvalue weighted by atomic mass is 9.84. The van der Waals surface area contributed by atoms with E-state index in [0.717, 1.165) is 84.3 Å². The van der Waals surface area contributed by atoms with Crippen LogP contribution in [0, 0.1) is 11.6 Å². The summed E-state index contributed by atoms with van der Waals surface area (Å²) in [6.07, 6.45) is 4.15. The molecule has 0 bridgehead atoms. The van der Waals surface area contributed by atoms with E-state index in [2.05, 4.69) is 52.5 Å². The summed E-state index contributed by atoms with van der Waals surface area (Å²) in [6.45, 7) is 6.02. The van der Waals surface area contributed by atoms with Crippen LogP contribution in [0.5, 0.6) is 0 Å². The first-order valence-electron chi connectivity index (χ1n) is 17.5. The number of hydrogen-bond donors (Lipinski definition) is 2. The molecule has 1 fully saturated rings. The van der Waals surface area contributed by atoms with Gasteiger partial charge in [0.15, 0.2) is 11.4 Å². The fourth-order valence-corrected chi connectivity index (χ4v) is 6.85. The van der Waals surface area contributed by atoms with Gasteiger partial charge < -0.3 is 20.0 Å². The number of tetrazole rings is 1. The van der Waals surface area contributed by atoms with Crippen LogP contribution in [-0.2, 0) is 18.1 Å². The molecule has 0 amide bonds. The Kier molecular flexibility index (Phi) is 10.1. The van der Waals surface area contributed by atoms with E-state index in [1.165, 1.54) is 12.3 Å². The molecule has 4 heterocycles. The van der Waals surface area contributed by atoms with Crippen molar-refractivity contribution in [3.63, 3.8) is 0 Å². The van der Waals surface area contributed by atoms with Crippen molar-refractivity contribution in [2.45, 2.75) is 50.5 Å². The molecule has 0 radical (unpaired) electrons. The molecular weight excluding hydrogens is 704 g/mol. The molecular formula is C38H38F4N10O2. The number of aliphatic hydroxyl groups is 2. The lowest BCUT2D eigenvalue weighted by molar-refractivity contribution is -0.207. The Morgan fingerprint density at radius 1 is 0.796 bits per heavy atom. The van der Waals surface area contributed by atoms with Gasteiger partial charge in [0.2, 0.25) is 0 Å². The summed E-state index contributed by atoms with van der Waals surface area (Å²) in [5, 5.41) is 36.4. The summed E-state index contributed by atoms with van der Waals surface area (Å²) in [7, 11) is 0. The van der Waals surface area contributed by atoms with Gasteiger partial charge in [0, 0.05) is 66.5 Å². The van der Waals surface area contributed by atoms with Crippen molar-refractivity contribution in [1.82, 2.24) is 40.0 Å². The van der Waals surface area contributed by atoms with E-state index in [1.807, 2.05) is 43.3 Å². The Morgan fingerprint density at radius 2 is 1.43 bits per heavy atom. The van der Waals surface area contributed by atoms with Gasteiger partial charge in [-0.1, -0.05) is 25.1 Å². The van der Waals surface area contributed by atoms with Gasteiger partial charge in [-0.2, -0.15) is 13.9 Å². The molecule has 1 saturated heterocycles. The third kappa shape index (κ3) is 7.13. The first kappa shape index (κ1) is 36.6. The molecule has 1 aliphatic heterocycles. The molecule has 2 N–H and O–H groups in total. The van der Waals surface area contributed by atoms with Crippen molar-refractivity contribution in [2.24, 2.45) is 0 Å². The Balaban J connectivity index is 0.998. The molecule has 3 atom stereocenters. The van der Waals surface area contributed by atoms with Crippen LogP contribution in [0.4, 0.5) is 28.9 Å². The topological polar surface area (TPSA) is 134 Å². The quantitative estimate of drug-likeness (QED) is 0.153. The van der Waals surface area contributed by atoms with Crippen LogP contribution in [0.2, 0.25) is 0 Å². The van der Waals surface area contributed by atoms with Crippen LogP contribution in [0.1, 0.15) is 37.6 Å². The van der Waals surface area contributed by atoms with Gasteiger partial charge in [0.05, 0.1) is 18.7 Å². The highest BCUT2D eigenvalue weighted by molar-refractivity contribution is 5.66. The van der Waals surface area contributed by atoms with Gasteiger partial charge in [0.25, 0.3) is 0 Å². The number of rotatable bonds is 12. The number of aromatic nitrogens is 8. The molecule has 280 valence electrons. The van der Waals surface area contributed by atoms with Crippen molar-refractivity contribution in [2.75, 3.05) is 36.0 Å². The minimum absolute atomic E-state index is 0.127. The Bertz CT molecular complexity index is 2160. The van der Waals surface area contributed by atoms with Crippen molar-refractivity contribution in [1.29, 1.82) is 0 Å². The molecule has 7 rings (SSSR count). The van der Waals surface area contributed by atoms with E-state index >= 15 is 8.78 Å². The smallest absolute Gasteiger partial charge is 0.323 e. The monoisotopic (exact) mass is 742 g/mol. The van der Waals surface area contributed by atoms with E-state index in [9.17, 15) is 19.0 Å². The first-order chi connectivity index (χ1) is 26.0. The van der Waals surface area contributed by atoms with Crippen molar-refractivity contribution in [3.05, 3.63) is 121 Å². The van der Waals surface area contributed by atoms with Gasteiger partial charge in [-0.05, 0) is 83.9 Å². The fourth-order valence-electron chi connectivity index (χ4n) is 6.85. The van der Waals surface area contributed by atoms with Crippen molar-refractivity contribution >= 4 is 11.4 Å². The number of pyridine rings is 1. The number of anilines is 2. The molecule has 0 spiro atoms. The largest absolute Gasteiger partial charge is 0.391 e. The maximum atomic E-state index is 16.2. The van der Waals surface area contributed by atoms with Crippen LogP contribution in [0.15, 0.2) is 97.7 Å². The highest BCUT2D eigenvalue weighted by atomic mass is 19.3. The van der Waals surface area contributed by atoms with Crippen molar-refractivity contribution < 1.29 is 27.8 Å². The average Bonchev–Trinajstić information content (AvgIpc) is 3.88. The Morgan fingerprint density at radius 3 is 1.96 bits per heavy atom. The third-order valence-corrected chi connectivity index (χ3v) is 9.92. The van der Waals surface area contributed by atoms with E-state index in [4.69, 9.17) is 0 Å². The third-order valence-electron chi connectivity index (χ3n) is 9.92. The molecule has 3 aromatic heterocycles. The van der Waals surface area contributed by atoms with Crippen LogP contribution in [0.25, 0.3) is 22.5 Å². The predicted octanol–water partition coefficient (Wildman–Crippen LogP) is 5.61. The molecule has 12 nitrogen and oxygen atoms in total. The van der Waals surface area contributed by atoms with E-state index in [1.54, 1.807) is 17.9 Å². The van der Waals surface area contributed by atoms with E-state index in [0.29, 0.717) is 17.5 Å². The number of nitrogens with zero attached hydrogens (tertiary/aromatic N) is 10. The highest BCUT2D eigenvalue weighted by Gasteiger charge is 2.58. The number of alkyl halides is 2. The summed E-state index contributed by atoms with van der Waals surface area (Å²) < 4.78 is 63.4. The minimum Gasteiger partial charge on any atom is -0.391 e. The molecule has 1 unspecified atom stereocenters. The fraction of sp³-hybridized carbons (Fsp3) is 0.316. The summed E-state index contributed by atoms with van der Waals surface area (Å²) in [5.74, 6) is -5.87. The van der Waals surface area contributed by atoms with E-state index < -0.39 is 47.1 Å². The second-order valence-electron chi connectivity index (χ2n) is 13.3. The minimum atomic E-state index is -4.15. The zero-order valence-corrected chi connectivity index (χ0v) is 29.5.